The van der Waals surface area contributed by atoms with E-state index in [1.165, 1.54) is 6.07 Å². The van der Waals surface area contributed by atoms with Gasteiger partial charge < -0.3 is 19.2 Å². The fraction of sp³-hybridized carbons (Fsp3) is 0.0435. The van der Waals surface area contributed by atoms with E-state index in [1.54, 1.807) is 48.5 Å². The van der Waals surface area contributed by atoms with E-state index in [0.29, 0.717) is 22.8 Å². The molecular weight excluding hydrogens is 370 g/mol. The lowest BCUT2D eigenvalue weighted by molar-refractivity contribution is -0.118. The fourth-order valence-electron chi connectivity index (χ4n) is 2.72. The number of para-hydroxylation sites is 1. The number of fused-ring (bicyclic) bond motifs is 1. The van der Waals surface area contributed by atoms with Crippen LogP contribution >= 0.6 is 0 Å². The summed E-state index contributed by atoms with van der Waals surface area (Å²) in [5, 5.41) is 3.47. The summed E-state index contributed by atoms with van der Waals surface area (Å²) in [6, 6.07) is 24.5. The minimum atomic E-state index is -0.414. The standard InChI is InChI=1S/C23H17NO5/c25-22(24-17-7-12-21-16(14-17)6-13-23(26)29-21)15-27-18-8-10-20(11-9-18)28-19-4-2-1-3-5-19/h1-14H,15H2,(H,24,25). The van der Waals surface area contributed by atoms with Crippen LogP contribution < -0.4 is 20.4 Å². The summed E-state index contributed by atoms with van der Waals surface area (Å²) < 4.78 is 16.3. The van der Waals surface area contributed by atoms with Gasteiger partial charge in [0.1, 0.15) is 22.8 Å². The highest BCUT2D eigenvalue weighted by Gasteiger charge is 2.06. The molecule has 0 radical (unpaired) electrons. The molecule has 0 saturated carbocycles. The van der Waals surface area contributed by atoms with Gasteiger partial charge >= 0.3 is 5.63 Å². The third-order valence-electron chi connectivity index (χ3n) is 4.08. The molecule has 0 aliphatic carbocycles. The highest BCUT2D eigenvalue weighted by molar-refractivity contribution is 5.94. The molecule has 6 heteroatoms. The Kier molecular flexibility index (Phi) is 5.25. The van der Waals surface area contributed by atoms with Gasteiger partial charge in [0.15, 0.2) is 6.61 Å². The first kappa shape index (κ1) is 18.3. The second kappa shape index (κ2) is 8.31. The number of nitrogens with one attached hydrogen (secondary N) is 1. The lowest BCUT2D eigenvalue weighted by atomic mass is 10.2. The molecule has 1 N–H and O–H groups in total. The summed E-state index contributed by atoms with van der Waals surface area (Å²) in [6.45, 7) is -0.138. The largest absolute Gasteiger partial charge is 0.484 e. The van der Waals surface area contributed by atoms with E-state index < -0.39 is 5.63 Å². The number of hydrogen-bond acceptors (Lipinski definition) is 5. The zero-order valence-corrected chi connectivity index (χ0v) is 15.3. The van der Waals surface area contributed by atoms with Crippen LogP contribution in [0.4, 0.5) is 5.69 Å². The third kappa shape index (κ3) is 4.81. The zero-order valence-electron chi connectivity index (χ0n) is 15.3. The van der Waals surface area contributed by atoms with Gasteiger partial charge in [0, 0.05) is 17.1 Å². The monoisotopic (exact) mass is 387 g/mol. The summed E-state index contributed by atoms with van der Waals surface area (Å²) >= 11 is 0. The predicted octanol–water partition coefficient (Wildman–Crippen LogP) is 4.60. The molecule has 0 saturated heterocycles. The van der Waals surface area contributed by atoms with Gasteiger partial charge in [-0.25, -0.2) is 4.79 Å². The van der Waals surface area contributed by atoms with Crippen LogP contribution in [-0.4, -0.2) is 12.5 Å². The van der Waals surface area contributed by atoms with Gasteiger partial charge in [0.25, 0.3) is 5.91 Å². The minimum Gasteiger partial charge on any atom is -0.484 e. The quantitative estimate of drug-likeness (QED) is 0.489. The Morgan fingerprint density at radius 3 is 2.34 bits per heavy atom. The molecule has 0 aliphatic rings. The number of hydrogen-bond donors (Lipinski definition) is 1. The van der Waals surface area contributed by atoms with E-state index in [4.69, 9.17) is 13.9 Å². The molecule has 4 aromatic rings. The number of carbonyl (C=O) groups is 1. The van der Waals surface area contributed by atoms with Crippen molar-refractivity contribution in [1.82, 2.24) is 0 Å². The Balaban J connectivity index is 1.32. The number of anilines is 1. The van der Waals surface area contributed by atoms with Crippen LogP contribution in [0, 0.1) is 0 Å². The Hall–Kier alpha value is -4.06. The van der Waals surface area contributed by atoms with Gasteiger partial charge in [-0.15, -0.1) is 0 Å². The molecule has 1 heterocycles. The van der Waals surface area contributed by atoms with Crippen molar-refractivity contribution in [2.24, 2.45) is 0 Å². The third-order valence-corrected chi connectivity index (χ3v) is 4.08. The van der Waals surface area contributed by atoms with Gasteiger partial charge in [-0.1, -0.05) is 18.2 Å². The van der Waals surface area contributed by atoms with E-state index >= 15 is 0 Å². The van der Waals surface area contributed by atoms with Crippen LogP contribution in [-0.2, 0) is 4.79 Å². The van der Waals surface area contributed by atoms with E-state index in [1.807, 2.05) is 30.3 Å². The smallest absolute Gasteiger partial charge is 0.336 e. The lowest BCUT2D eigenvalue weighted by Gasteiger charge is -2.09. The number of ether oxygens (including phenoxy) is 2. The first-order chi connectivity index (χ1) is 14.2. The number of amides is 1. The lowest BCUT2D eigenvalue weighted by Crippen LogP contribution is -2.20. The molecule has 4 rings (SSSR count). The van der Waals surface area contributed by atoms with Crippen molar-refractivity contribution in [2.75, 3.05) is 11.9 Å². The second-order valence-corrected chi connectivity index (χ2v) is 6.23. The molecule has 3 aromatic carbocycles. The van der Waals surface area contributed by atoms with Crippen molar-refractivity contribution >= 4 is 22.6 Å². The maximum Gasteiger partial charge on any atom is 0.336 e. The zero-order chi connectivity index (χ0) is 20.1. The molecule has 0 atom stereocenters. The van der Waals surface area contributed by atoms with E-state index in [0.717, 1.165) is 11.1 Å². The molecule has 0 bridgehead atoms. The van der Waals surface area contributed by atoms with Crippen molar-refractivity contribution in [3.8, 4) is 17.2 Å². The first-order valence-corrected chi connectivity index (χ1v) is 8.95. The molecule has 6 nitrogen and oxygen atoms in total. The van der Waals surface area contributed by atoms with Crippen LogP contribution in [0.2, 0.25) is 0 Å². The molecule has 1 aromatic heterocycles. The molecular formula is C23H17NO5. The van der Waals surface area contributed by atoms with Crippen molar-refractivity contribution < 1.29 is 18.7 Å². The molecule has 144 valence electrons. The van der Waals surface area contributed by atoms with Gasteiger partial charge in [-0.2, -0.15) is 0 Å². The molecule has 29 heavy (non-hydrogen) atoms. The topological polar surface area (TPSA) is 77.8 Å². The summed E-state index contributed by atoms with van der Waals surface area (Å²) in [5.41, 5.74) is 0.638. The summed E-state index contributed by atoms with van der Waals surface area (Å²) in [4.78, 5) is 23.4. The van der Waals surface area contributed by atoms with E-state index in [-0.39, 0.29) is 12.5 Å². The summed E-state index contributed by atoms with van der Waals surface area (Å²) in [6.07, 6.45) is 0. The number of carbonyl (C=O) groups excluding carboxylic acids is 1. The SMILES string of the molecule is O=C(COc1ccc(Oc2ccccc2)cc1)Nc1ccc2oc(=O)ccc2c1. The van der Waals surface area contributed by atoms with Crippen LogP contribution in [0.5, 0.6) is 17.2 Å². The van der Waals surface area contributed by atoms with Crippen LogP contribution in [0.25, 0.3) is 11.0 Å². The van der Waals surface area contributed by atoms with Gasteiger partial charge in [-0.05, 0) is 60.7 Å². The summed E-state index contributed by atoms with van der Waals surface area (Å²) in [7, 11) is 0. The van der Waals surface area contributed by atoms with Crippen molar-refractivity contribution in [3.63, 3.8) is 0 Å². The van der Waals surface area contributed by atoms with Gasteiger partial charge in [0.2, 0.25) is 0 Å². The van der Waals surface area contributed by atoms with Crippen LogP contribution in [0.3, 0.4) is 0 Å². The molecule has 0 fully saturated rings. The second-order valence-electron chi connectivity index (χ2n) is 6.23. The van der Waals surface area contributed by atoms with Crippen LogP contribution in [0.15, 0.2) is 94.1 Å². The minimum absolute atomic E-state index is 0.138. The average molecular weight is 387 g/mol. The van der Waals surface area contributed by atoms with Crippen molar-refractivity contribution in [1.29, 1.82) is 0 Å². The van der Waals surface area contributed by atoms with Crippen molar-refractivity contribution in [3.05, 3.63) is 95.3 Å². The van der Waals surface area contributed by atoms with Gasteiger partial charge in [0.05, 0.1) is 0 Å². The number of rotatable bonds is 6. The number of benzene rings is 3. The molecule has 0 spiro atoms. The predicted molar refractivity (Wildman–Crippen MR) is 110 cm³/mol. The molecule has 1 amide bonds. The Labute approximate surface area is 166 Å². The summed E-state index contributed by atoms with van der Waals surface area (Å²) in [5.74, 6) is 1.68. The molecule has 0 aliphatic heterocycles. The maximum atomic E-state index is 12.1. The van der Waals surface area contributed by atoms with E-state index in [9.17, 15) is 9.59 Å². The highest BCUT2D eigenvalue weighted by Crippen LogP contribution is 2.23. The highest BCUT2D eigenvalue weighted by atomic mass is 16.5. The fourth-order valence-corrected chi connectivity index (χ4v) is 2.72. The normalized spacial score (nSPS) is 10.5. The first-order valence-electron chi connectivity index (χ1n) is 8.95. The Morgan fingerprint density at radius 2 is 1.55 bits per heavy atom. The Bertz CT molecular complexity index is 1180. The average Bonchev–Trinajstić information content (AvgIpc) is 2.74. The Morgan fingerprint density at radius 1 is 0.828 bits per heavy atom. The maximum absolute atomic E-state index is 12.1. The van der Waals surface area contributed by atoms with Crippen molar-refractivity contribution in [2.45, 2.75) is 0 Å². The molecule has 0 unspecified atom stereocenters. The van der Waals surface area contributed by atoms with Crippen LogP contribution in [0.1, 0.15) is 0 Å². The van der Waals surface area contributed by atoms with Gasteiger partial charge in [-0.3, -0.25) is 4.79 Å². The van der Waals surface area contributed by atoms with E-state index in [2.05, 4.69) is 5.32 Å².